The molecule has 32 heavy (non-hydrogen) atoms. The molecule has 3 N–H and O–H groups in total. The topological polar surface area (TPSA) is 85.8 Å². The van der Waals surface area contributed by atoms with Crippen LogP contribution in [-0.4, -0.2) is 27.0 Å². The van der Waals surface area contributed by atoms with Gasteiger partial charge in [0.25, 0.3) is 5.91 Å². The molecule has 0 unspecified atom stereocenters. The van der Waals surface area contributed by atoms with E-state index in [0.29, 0.717) is 42.1 Å². The van der Waals surface area contributed by atoms with Gasteiger partial charge in [-0.2, -0.15) is 0 Å². The second-order valence-electron chi connectivity index (χ2n) is 7.99. The predicted molar refractivity (Wildman–Crippen MR) is 126 cm³/mol. The number of aryl methyl sites for hydroxylation is 1. The van der Waals surface area contributed by atoms with Crippen LogP contribution in [0.25, 0.3) is 22.2 Å². The summed E-state index contributed by atoms with van der Waals surface area (Å²) in [7, 11) is 0. The van der Waals surface area contributed by atoms with Crippen molar-refractivity contribution in [2.24, 2.45) is 0 Å². The highest BCUT2D eigenvalue weighted by molar-refractivity contribution is 6.10. The number of anilines is 1. The molecule has 0 saturated carbocycles. The molecule has 1 amide bonds. The molecule has 0 aliphatic rings. The number of unbranched alkanes of at least 4 members (excludes halogenated alkanes) is 3. The Balaban J connectivity index is 1.62. The van der Waals surface area contributed by atoms with E-state index in [4.69, 9.17) is 15.7 Å². The van der Waals surface area contributed by atoms with Gasteiger partial charge < -0.3 is 15.6 Å². The fraction of sp³-hybridized carbons (Fsp3) is 0.320. The smallest absolute Gasteiger partial charge is 0.257 e. The van der Waals surface area contributed by atoms with Gasteiger partial charge in [0.2, 0.25) is 0 Å². The maximum atomic E-state index is 13.1. The Morgan fingerprint density at radius 2 is 1.75 bits per heavy atom. The highest BCUT2D eigenvalue weighted by Crippen LogP contribution is 2.28. The van der Waals surface area contributed by atoms with E-state index in [1.54, 1.807) is 12.1 Å². The number of benzene rings is 2. The predicted octanol–water partition coefficient (Wildman–Crippen LogP) is 4.86. The Labute approximate surface area is 186 Å². The molecule has 2 aromatic heterocycles. The lowest BCUT2D eigenvalue weighted by molar-refractivity contribution is 0.0956. The first-order valence-corrected chi connectivity index (χ1v) is 11.2. The van der Waals surface area contributed by atoms with E-state index in [1.165, 1.54) is 12.1 Å². The summed E-state index contributed by atoms with van der Waals surface area (Å²) >= 11 is 0. The van der Waals surface area contributed by atoms with Crippen LogP contribution in [0.2, 0.25) is 0 Å². The second-order valence-corrected chi connectivity index (χ2v) is 7.99. The number of hydrogen-bond acceptors (Lipinski definition) is 4. The van der Waals surface area contributed by atoms with E-state index in [-0.39, 0.29) is 11.7 Å². The first-order chi connectivity index (χ1) is 15.6. The van der Waals surface area contributed by atoms with Crippen LogP contribution < -0.4 is 11.1 Å². The van der Waals surface area contributed by atoms with Crippen LogP contribution in [0.1, 0.15) is 48.5 Å². The van der Waals surface area contributed by atoms with Gasteiger partial charge >= 0.3 is 0 Å². The van der Waals surface area contributed by atoms with Gasteiger partial charge in [-0.3, -0.25) is 4.79 Å². The molecule has 7 heteroatoms. The quantitative estimate of drug-likeness (QED) is 0.369. The average Bonchev–Trinajstić information content (AvgIpc) is 3.06. The van der Waals surface area contributed by atoms with Crippen LogP contribution in [0.4, 0.5) is 10.2 Å². The monoisotopic (exact) mass is 433 g/mol. The van der Waals surface area contributed by atoms with Gasteiger partial charge in [0.15, 0.2) is 5.65 Å². The molecule has 2 aromatic carbocycles. The molecule has 166 valence electrons. The van der Waals surface area contributed by atoms with Gasteiger partial charge in [-0.15, -0.1) is 0 Å². The molecule has 0 saturated heterocycles. The van der Waals surface area contributed by atoms with E-state index in [9.17, 15) is 9.18 Å². The number of rotatable bonds is 9. The van der Waals surface area contributed by atoms with Gasteiger partial charge in [0, 0.05) is 13.1 Å². The van der Waals surface area contributed by atoms with Crippen LogP contribution in [0.3, 0.4) is 0 Å². The molecule has 0 bridgehead atoms. The van der Waals surface area contributed by atoms with Crippen molar-refractivity contribution in [3.63, 3.8) is 0 Å². The van der Waals surface area contributed by atoms with Gasteiger partial charge in [0.1, 0.15) is 22.7 Å². The third-order valence-electron chi connectivity index (χ3n) is 5.67. The Hall–Kier alpha value is -3.48. The summed E-state index contributed by atoms with van der Waals surface area (Å²) in [5.74, 6) is -0.152. The van der Waals surface area contributed by atoms with Crippen molar-refractivity contribution in [2.75, 3.05) is 12.3 Å². The summed E-state index contributed by atoms with van der Waals surface area (Å²) < 4.78 is 15.0. The van der Waals surface area contributed by atoms with Crippen LogP contribution >= 0.6 is 0 Å². The third-order valence-corrected chi connectivity index (χ3v) is 5.67. The van der Waals surface area contributed by atoms with Crippen molar-refractivity contribution in [1.29, 1.82) is 0 Å². The molecule has 0 aliphatic heterocycles. The fourth-order valence-electron chi connectivity index (χ4n) is 3.92. The zero-order chi connectivity index (χ0) is 22.5. The van der Waals surface area contributed by atoms with Gasteiger partial charge in [-0.1, -0.05) is 50.5 Å². The summed E-state index contributed by atoms with van der Waals surface area (Å²) in [5, 5.41) is 2.94. The Morgan fingerprint density at radius 3 is 2.47 bits per heavy atom. The van der Waals surface area contributed by atoms with E-state index < -0.39 is 0 Å². The zero-order valence-electron chi connectivity index (χ0n) is 18.3. The number of fused-ring (bicyclic) bond motifs is 2. The molecule has 0 spiro atoms. The maximum Gasteiger partial charge on any atom is 0.257 e. The number of nitrogens with zero attached hydrogens (tertiary/aromatic N) is 3. The summed E-state index contributed by atoms with van der Waals surface area (Å²) in [6, 6.07) is 13.9. The Bertz CT molecular complexity index is 1230. The molecule has 0 atom stereocenters. The number of nitrogen functional groups attached to an aromatic ring is 1. The van der Waals surface area contributed by atoms with Crippen molar-refractivity contribution < 1.29 is 9.18 Å². The number of carbonyl (C=O) groups is 1. The lowest BCUT2D eigenvalue weighted by Crippen LogP contribution is -2.26. The lowest BCUT2D eigenvalue weighted by atomic mass is 10.1. The molecule has 4 aromatic rings. The molecule has 0 aliphatic carbocycles. The van der Waals surface area contributed by atoms with Crippen molar-refractivity contribution in [1.82, 2.24) is 19.9 Å². The summed E-state index contributed by atoms with van der Waals surface area (Å²) in [5.41, 5.74) is 10.5. The number of hydrogen-bond donors (Lipinski definition) is 2. The summed E-state index contributed by atoms with van der Waals surface area (Å²) in [6.45, 7) is 3.28. The van der Waals surface area contributed by atoms with Gasteiger partial charge in [0.05, 0.1) is 11.0 Å². The minimum Gasteiger partial charge on any atom is -0.384 e. The van der Waals surface area contributed by atoms with E-state index in [2.05, 4.69) is 12.2 Å². The number of para-hydroxylation sites is 2. The third kappa shape index (κ3) is 4.56. The second kappa shape index (κ2) is 9.77. The first kappa shape index (κ1) is 21.7. The molecule has 0 fully saturated rings. The SMILES string of the molecule is CCCCCCn1c(N)c(C(=O)NCCc2ccc(F)cc2)c2nc3ccccc3nc21. The molecule has 6 nitrogen and oxygen atoms in total. The standard InChI is InChI=1S/C25H28FN5O/c1-2-3-4-7-16-31-23(27)21(22-24(31)30-20-9-6-5-8-19(20)29-22)25(32)28-15-14-17-10-12-18(26)13-11-17/h5-6,8-13H,2-4,7,14-16,27H2,1H3,(H,28,32). The number of nitrogens with one attached hydrogen (secondary N) is 1. The molecule has 2 heterocycles. The number of halogens is 1. The van der Waals surface area contributed by atoms with Crippen LogP contribution in [0, 0.1) is 5.82 Å². The lowest BCUT2D eigenvalue weighted by Gasteiger charge is -2.08. The van der Waals surface area contributed by atoms with Crippen molar-refractivity contribution >= 4 is 33.9 Å². The largest absolute Gasteiger partial charge is 0.384 e. The Kier molecular flexibility index (Phi) is 6.63. The molecule has 0 radical (unpaired) electrons. The summed E-state index contributed by atoms with van der Waals surface area (Å²) in [4.78, 5) is 22.6. The van der Waals surface area contributed by atoms with E-state index in [0.717, 1.165) is 42.3 Å². The number of nitrogens with two attached hydrogens (primary N) is 1. The zero-order valence-corrected chi connectivity index (χ0v) is 18.3. The average molecular weight is 434 g/mol. The van der Waals surface area contributed by atoms with Crippen molar-refractivity contribution in [3.05, 3.63) is 65.5 Å². The maximum absolute atomic E-state index is 13.1. The van der Waals surface area contributed by atoms with E-state index in [1.807, 2.05) is 28.8 Å². The molecule has 4 rings (SSSR count). The molecular weight excluding hydrogens is 405 g/mol. The highest BCUT2D eigenvalue weighted by Gasteiger charge is 2.23. The van der Waals surface area contributed by atoms with Gasteiger partial charge in [-0.25, -0.2) is 14.4 Å². The number of aromatic nitrogens is 3. The van der Waals surface area contributed by atoms with Crippen LogP contribution in [0.5, 0.6) is 0 Å². The summed E-state index contributed by atoms with van der Waals surface area (Å²) in [6.07, 6.45) is 4.95. The molecular formula is C25H28FN5O. The van der Waals surface area contributed by atoms with Crippen LogP contribution in [0.15, 0.2) is 48.5 Å². The van der Waals surface area contributed by atoms with Crippen molar-refractivity contribution in [3.8, 4) is 0 Å². The number of carbonyl (C=O) groups excluding carboxylic acids is 1. The van der Waals surface area contributed by atoms with Crippen LogP contribution in [-0.2, 0) is 13.0 Å². The minimum atomic E-state index is -0.275. The fourth-order valence-corrected chi connectivity index (χ4v) is 3.92. The van der Waals surface area contributed by atoms with E-state index >= 15 is 0 Å². The number of amides is 1. The Morgan fingerprint density at radius 1 is 1.03 bits per heavy atom. The highest BCUT2D eigenvalue weighted by atomic mass is 19.1. The van der Waals surface area contributed by atoms with Crippen molar-refractivity contribution in [2.45, 2.75) is 45.6 Å². The minimum absolute atomic E-state index is 0.272. The first-order valence-electron chi connectivity index (χ1n) is 11.2. The van der Waals surface area contributed by atoms with Gasteiger partial charge in [-0.05, 0) is 42.7 Å². The normalized spacial score (nSPS) is 11.3.